The molecule has 0 unspecified atom stereocenters. The molecule has 1 aromatic carbocycles. The number of fused-ring (bicyclic) bond motifs is 1. The van der Waals surface area contributed by atoms with E-state index in [4.69, 9.17) is 5.26 Å². The van der Waals surface area contributed by atoms with Crippen molar-refractivity contribution in [3.8, 4) is 6.07 Å². The van der Waals surface area contributed by atoms with Crippen molar-refractivity contribution in [3.63, 3.8) is 0 Å². The summed E-state index contributed by atoms with van der Waals surface area (Å²) in [7, 11) is 0. The van der Waals surface area contributed by atoms with Gasteiger partial charge in [-0.1, -0.05) is 0 Å². The number of aromatic nitrogens is 1. The fourth-order valence-corrected chi connectivity index (χ4v) is 1.76. The Morgan fingerprint density at radius 1 is 1.29 bits per heavy atom. The van der Waals surface area contributed by atoms with E-state index in [1.165, 1.54) is 12.3 Å². The molecule has 0 atom stereocenters. The van der Waals surface area contributed by atoms with Crippen LogP contribution in [0.4, 0.5) is 4.39 Å². The molecule has 2 nitrogen and oxygen atoms in total. The first-order valence-corrected chi connectivity index (χ1v) is 4.66. The average Bonchev–Trinajstić information content (AvgIpc) is 2.23. The van der Waals surface area contributed by atoms with Gasteiger partial charge in [0.1, 0.15) is 17.6 Å². The fourth-order valence-electron chi connectivity index (χ4n) is 1.28. The molecule has 0 aliphatic heterocycles. The summed E-state index contributed by atoms with van der Waals surface area (Å²) in [6.07, 6.45) is 1.49. The van der Waals surface area contributed by atoms with Crippen LogP contribution in [0.1, 0.15) is 5.69 Å². The van der Waals surface area contributed by atoms with E-state index < -0.39 is 0 Å². The van der Waals surface area contributed by atoms with Crippen LogP contribution in [0, 0.1) is 17.1 Å². The number of hydrogen-bond acceptors (Lipinski definition) is 2. The number of hydrogen-bond donors (Lipinski definition) is 0. The quantitative estimate of drug-likeness (QED) is 0.721. The predicted octanol–water partition coefficient (Wildman–Crippen LogP) is 3.01. The van der Waals surface area contributed by atoms with Crippen molar-refractivity contribution in [2.75, 3.05) is 0 Å². The molecule has 0 aliphatic carbocycles. The Kier molecular flexibility index (Phi) is 2.18. The fraction of sp³-hybridized carbons (Fsp3) is 0. The summed E-state index contributed by atoms with van der Waals surface area (Å²) in [6, 6.07) is 6.50. The molecule has 2 rings (SSSR count). The van der Waals surface area contributed by atoms with Crippen LogP contribution in [0.2, 0.25) is 0 Å². The van der Waals surface area contributed by atoms with Crippen molar-refractivity contribution < 1.29 is 4.39 Å². The molecule has 14 heavy (non-hydrogen) atoms. The third kappa shape index (κ3) is 1.26. The zero-order valence-electron chi connectivity index (χ0n) is 6.96. The summed E-state index contributed by atoms with van der Waals surface area (Å²) >= 11 is 3.13. The Morgan fingerprint density at radius 2 is 2.07 bits per heavy atom. The summed E-state index contributed by atoms with van der Waals surface area (Å²) in [5, 5.41) is 10.1. The van der Waals surface area contributed by atoms with Crippen molar-refractivity contribution >= 4 is 26.7 Å². The molecule has 0 saturated heterocycles. The van der Waals surface area contributed by atoms with Gasteiger partial charge in [0.05, 0.1) is 4.47 Å². The van der Waals surface area contributed by atoms with E-state index in [0.717, 1.165) is 0 Å². The minimum absolute atomic E-state index is 0.309. The van der Waals surface area contributed by atoms with Gasteiger partial charge in [-0.05, 0) is 34.1 Å². The van der Waals surface area contributed by atoms with Crippen LogP contribution in [0.5, 0.6) is 0 Å². The molecule has 68 valence electrons. The van der Waals surface area contributed by atoms with Gasteiger partial charge in [-0.3, -0.25) is 0 Å². The van der Waals surface area contributed by atoms with Crippen LogP contribution in [-0.4, -0.2) is 4.98 Å². The highest BCUT2D eigenvalue weighted by atomic mass is 79.9. The molecule has 0 N–H and O–H groups in total. The van der Waals surface area contributed by atoms with Gasteiger partial charge in [0.25, 0.3) is 0 Å². The predicted molar refractivity (Wildman–Crippen MR) is 54.1 cm³/mol. The maximum absolute atomic E-state index is 13.1. The van der Waals surface area contributed by atoms with E-state index in [-0.39, 0.29) is 5.82 Å². The smallest absolute Gasteiger partial charge is 0.148 e. The lowest BCUT2D eigenvalue weighted by Crippen LogP contribution is -1.87. The highest BCUT2D eigenvalue weighted by Gasteiger charge is 2.07. The first kappa shape index (κ1) is 9.10. The monoisotopic (exact) mass is 250 g/mol. The minimum atomic E-state index is -0.340. The Hall–Kier alpha value is -1.47. The minimum Gasteiger partial charge on any atom is -0.245 e. The molecular formula is C10H4BrFN2. The van der Waals surface area contributed by atoms with Crippen LogP contribution in [-0.2, 0) is 0 Å². The van der Waals surface area contributed by atoms with Gasteiger partial charge in [0.15, 0.2) is 0 Å². The largest absolute Gasteiger partial charge is 0.245 e. The summed E-state index contributed by atoms with van der Waals surface area (Å²) in [5.41, 5.74) is 0.309. The molecule has 0 spiro atoms. The van der Waals surface area contributed by atoms with E-state index in [2.05, 4.69) is 20.9 Å². The molecule has 0 aliphatic rings. The van der Waals surface area contributed by atoms with Crippen molar-refractivity contribution in [1.29, 1.82) is 5.26 Å². The van der Waals surface area contributed by atoms with Gasteiger partial charge >= 0.3 is 0 Å². The summed E-state index contributed by atoms with van der Waals surface area (Å²) in [5.74, 6) is -0.340. The first-order chi connectivity index (χ1) is 6.74. The van der Waals surface area contributed by atoms with E-state index in [1.807, 2.05) is 6.07 Å². The highest BCUT2D eigenvalue weighted by Crippen LogP contribution is 2.27. The van der Waals surface area contributed by atoms with Gasteiger partial charge in [-0.2, -0.15) is 5.26 Å². The van der Waals surface area contributed by atoms with Crippen molar-refractivity contribution in [2.45, 2.75) is 0 Å². The van der Waals surface area contributed by atoms with E-state index in [0.29, 0.717) is 20.9 Å². The zero-order chi connectivity index (χ0) is 10.1. The molecule has 0 fully saturated rings. The van der Waals surface area contributed by atoms with Crippen molar-refractivity contribution in [1.82, 2.24) is 4.98 Å². The molecular weight excluding hydrogens is 247 g/mol. The molecule has 0 saturated carbocycles. The van der Waals surface area contributed by atoms with Gasteiger partial charge < -0.3 is 0 Å². The maximum Gasteiger partial charge on any atom is 0.148 e. The Labute approximate surface area is 88.1 Å². The number of nitriles is 1. The Balaban J connectivity index is 2.95. The second kappa shape index (κ2) is 3.35. The molecule has 0 radical (unpaired) electrons. The molecule has 4 heteroatoms. The topological polar surface area (TPSA) is 36.7 Å². The molecule has 1 aromatic heterocycles. The van der Waals surface area contributed by atoms with Crippen LogP contribution >= 0.6 is 15.9 Å². The van der Waals surface area contributed by atoms with E-state index in [1.54, 1.807) is 12.1 Å². The first-order valence-electron chi connectivity index (χ1n) is 3.87. The number of halogens is 2. The molecule has 0 bridgehead atoms. The SMILES string of the molecule is N#Cc1nccc2c(Br)c(F)ccc12. The summed E-state index contributed by atoms with van der Waals surface area (Å²) < 4.78 is 13.5. The van der Waals surface area contributed by atoms with Crippen LogP contribution < -0.4 is 0 Å². The second-order valence-corrected chi connectivity index (χ2v) is 3.52. The Bertz CT molecular complexity index is 546. The number of benzene rings is 1. The summed E-state index contributed by atoms with van der Waals surface area (Å²) in [4.78, 5) is 3.89. The van der Waals surface area contributed by atoms with Crippen LogP contribution in [0.25, 0.3) is 10.8 Å². The number of nitrogens with zero attached hydrogens (tertiary/aromatic N) is 2. The standard InChI is InChI=1S/C10H4BrFN2/c11-10-7-3-4-14-9(5-13)6(7)1-2-8(10)12/h1-4H. The van der Waals surface area contributed by atoms with E-state index in [9.17, 15) is 4.39 Å². The highest BCUT2D eigenvalue weighted by molar-refractivity contribution is 9.10. The summed E-state index contributed by atoms with van der Waals surface area (Å²) in [6.45, 7) is 0. The lowest BCUT2D eigenvalue weighted by molar-refractivity contribution is 0.623. The average molecular weight is 251 g/mol. The van der Waals surface area contributed by atoms with Gasteiger partial charge in [0, 0.05) is 17.0 Å². The lowest BCUT2D eigenvalue weighted by atomic mass is 10.1. The van der Waals surface area contributed by atoms with E-state index >= 15 is 0 Å². The van der Waals surface area contributed by atoms with Gasteiger partial charge in [-0.25, -0.2) is 9.37 Å². The molecule has 0 amide bonds. The van der Waals surface area contributed by atoms with Crippen molar-refractivity contribution in [2.24, 2.45) is 0 Å². The third-order valence-electron chi connectivity index (χ3n) is 1.94. The maximum atomic E-state index is 13.1. The lowest BCUT2D eigenvalue weighted by Gasteiger charge is -2.01. The Morgan fingerprint density at radius 3 is 2.79 bits per heavy atom. The number of rotatable bonds is 0. The number of pyridine rings is 1. The van der Waals surface area contributed by atoms with Gasteiger partial charge in [-0.15, -0.1) is 0 Å². The molecule has 2 aromatic rings. The van der Waals surface area contributed by atoms with Crippen LogP contribution in [0.15, 0.2) is 28.9 Å². The van der Waals surface area contributed by atoms with Gasteiger partial charge in [0.2, 0.25) is 0 Å². The van der Waals surface area contributed by atoms with Crippen molar-refractivity contribution in [3.05, 3.63) is 40.4 Å². The molecule has 1 heterocycles. The normalized spacial score (nSPS) is 10.1. The second-order valence-electron chi connectivity index (χ2n) is 2.73. The third-order valence-corrected chi connectivity index (χ3v) is 2.74. The van der Waals surface area contributed by atoms with Crippen LogP contribution in [0.3, 0.4) is 0 Å². The zero-order valence-corrected chi connectivity index (χ0v) is 8.55.